The Labute approximate surface area is 76.2 Å². The summed E-state index contributed by atoms with van der Waals surface area (Å²) in [6, 6.07) is 0. The molecule has 0 aromatic carbocycles. The standard InChI is InChI=1S/C9H21N3/c1-10(2)8-7-9(11(3)4)12(5)6/h7-9H,1-6H3/b8-7+. The van der Waals surface area contributed by atoms with Crippen LogP contribution in [0, 0.1) is 0 Å². The van der Waals surface area contributed by atoms with E-state index in [1.807, 2.05) is 19.0 Å². The highest BCUT2D eigenvalue weighted by molar-refractivity contribution is 4.90. The molecule has 3 heteroatoms. The molecule has 0 bridgehead atoms. The van der Waals surface area contributed by atoms with Crippen LogP contribution in [0.2, 0.25) is 0 Å². The van der Waals surface area contributed by atoms with E-state index >= 15 is 0 Å². The third-order valence-corrected chi connectivity index (χ3v) is 1.61. The molecule has 0 amide bonds. The molecule has 3 nitrogen and oxygen atoms in total. The lowest BCUT2D eigenvalue weighted by Crippen LogP contribution is -2.39. The van der Waals surface area contributed by atoms with Gasteiger partial charge in [-0.3, -0.25) is 9.80 Å². The largest absolute Gasteiger partial charge is 0.384 e. The quantitative estimate of drug-likeness (QED) is 0.571. The van der Waals surface area contributed by atoms with Crippen molar-refractivity contribution in [2.75, 3.05) is 42.3 Å². The van der Waals surface area contributed by atoms with Gasteiger partial charge in [-0.1, -0.05) is 0 Å². The first kappa shape index (κ1) is 11.5. The van der Waals surface area contributed by atoms with Crippen molar-refractivity contribution in [3.05, 3.63) is 12.3 Å². The van der Waals surface area contributed by atoms with Crippen LogP contribution in [0.25, 0.3) is 0 Å². The summed E-state index contributed by atoms with van der Waals surface area (Å²) in [7, 11) is 12.3. The highest BCUT2D eigenvalue weighted by Gasteiger charge is 2.08. The molecule has 0 aliphatic carbocycles. The summed E-state index contributed by atoms with van der Waals surface area (Å²) >= 11 is 0. The summed E-state index contributed by atoms with van der Waals surface area (Å²) in [5.74, 6) is 0. The van der Waals surface area contributed by atoms with Crippen LogP contribution in [-0.4, -0.2) is 63.2 Å². The zero-order chi connectivity index (χ0) is 9.72. The number of nitrogens with zero attached hydrogens (tertiary/aromatic N) is 3. The lowest BCUT2D eigenvalue weighted by atomic mass is 10.4. The van der Waals surface area contributed by atoms with Crippen LogP contribution >= 0.6 is 0 Å². The van der Waals surface area contributed by atoms with Crippen molar-refractivity contribution in [1.82, 2.24) is 14.7 Å². The molecule has 0 aromatic rings. The summed E-state index contributed by atoms with van der Waals surface area (Å²) in [5, 5.41) is 0. The Morgan fingerprint density at radius 1 is 0.833 bits per heavy atom. The Morgan fingerprint density at radius 2 is 1.25 bits per heavy atom. The van der Waals surface area contributed by atoms with Crippen LogP contribution in [-0.2, 0) is 0 Å². The maximum Gasteiger partial charge on any atom is 0.0822 e. The van der Waals surface area contributed by atoms with Gasteiger partial charge in [-0.05, 0) is 40.5 Å². The van der Waals surface area contributed by atoms with Gasteiger partial charge in [0, 0.05) is 14.1 Å². The van der Waals surface area contributed by atoms with E-state index in [0.29, 0.717) is 6.17 Å². The average Bonchev–Trinajstić information content (AvgIpc) is 1.84. The van der Waals surface area contributed by atoms with Gasteiger partial charge < -0.3 is 4.90 Å². The first-order valence-corrected chi connectivity index (χ1v) is 4.12. The average molecular weight is 171 g/mol. The van der Waals surface area contributed by atoms with E-state index in [9.17, 15) is 0 Å². The van der Waals surface area contributed by atoms with Gasteiger partial charge in [0.25, 0.3) is 0 Å². The normalized spacial score (nSPS) is 12.4. The summed E-state index contributed by atoms with van der Waals surface area (Å²) < 4.78 is 0. The molecule has 0 aliphatic heterocycles. The van der Waals surface area contributed by atoms with E-state index in [-0.39, 0.29) is 0 Å². The molecule has 0 unspecified atom stereocenters. The molecule has 0 N–H and O–H groups in total. The maximum absolute atomic E-state index is 2.17. The third-order valence-electron chi connectivity index (χ3n) is 1.61. The Hall–Kier alpha value is -0.540. The van der Waals surface area contributed by atoms with Crippen molar-refractivity contribution in [2.45, 2.75) is 6.17 Å². The topological polar surface area (TPSA) is 9.72 Å². The van der Waals surface area contributed by atoms with E-state index in [0.717, 1.165) is 0 Å². The third kappa shape index (κ3) is 4.36. The van der Waals surface area contributed by atoms with Gasteiger partial charge in [0.1, 0.15) is 0 Å². The summed E-state index contributed by atoms with van der Waals surface area (Å²) in [6.07, 6.45) is 4.61. The molecule has 0 heterocycles. The van der Waals surface area contributed by atoms with Crippen LogP contribution < -0.4 is 0 Å². The Morgan fingerprint density at radius 3 is 1.50 bits per heavy atom. The first-order valence-electron chi connectivity index (χ1n) is 4.12. The predicted molar refractivity (Wildman–Crippen MR) is 54.0 cm³/mol. The molecule has 0 spiro atoms. The van der Waals surface area contributed by atoms with Crippen molar-refractivity contribution in [1.29, 1.82) is 0 Å². The van der Waals surface area contributed by atoms with Gasteiger partial charge in [-0.15, -0.1) is 0 Å². The Balaban J connectivity index is 4.14. The highest BCUT2D eigenvalue weighted by atomic mass is 15.3. The summed E-state index contributed by atoms with van der Waals surface area (Å²) in [5.41, 5.74) is 0. The minimum atomic E-state index is 0.368. The van der Waals surface area contributed by atoms with E-state index in [1.54, 1.807) is 0 Å². The van der Waals surface area contributed by atoms with Gasteiger partial charge in [0.15, 0.2) is 0 Å². The molecule has 12 heavy (non-hydrogen) atoms. The molecular formula is C9H21N3. The van der Waals surface area contributed by atoms with Crippen LogP contribution in [0.4, 0.5) is 0 Å². The smallest absolute Gasteiger partial charge is 0.0822 e. The van der Waals surface area contributed by atoms with Crippen LogP contribution in [0.5, 0.6) is 0 Å². The molecule has 0 aromatic heterocycles. The monoisotopic (exact) mass is 171 g/mol. The second kappa shape index (κ2) is 5.17. The summed E-state index contributed by atoms with van der Waals surface area (Å²) in [4.78, 5) is 6.38. The number of hydrogen-bond donors (Lipinski definition) is 0. The SMILES string of the molecule is CN(C)/C=C/C(N(C)C)N(C)C. The van der Waals surface area contributed by atoms with Crippen molar-refractivity contribution < 1.29 is 0 Å². The number of rotatable bonds is 4. The zero-order valence-electron chi connectivity index (χ0n) is 9.07. The fourth-order valence-electron chi connectivity index (χ4n) is 1.06. The fraction of sp³-hybridized carbons (Fsp3) is 0.778. The molecule has 72 valence electrons. The van der Waals surface area contributed by atoms with Crippen LogP contribution in [0.15, 0.2) is 12.3 Å². The number of likely N-dealkylation sites (N-methyl/N-ethyl adjacent to an activating group) is 2. The van der Waals surface area contributed by atoms with Gasteiger partial charge >= 0.3 is 0 Å². The van der Waals surface area contributed by atoms with Crippen LogP contribution in [0.3, 0.4) is 0 Å². The first-order chi connectivity index (χ1) is 5.45. The molecular weight excluding hydrogens is 150 g/mol. The lowest BCUT2D eigenvalue weighted by Gasteiger charge is -2.27. The Bertz CT molecular complexity index is 131. The van der Waals surface area contributed by atoms with Gasteiger partial charge in [-0.2, -0.15) is 0 Å². The van der Waals surface area contributed by atoms with E-state index in [2.05, 4.69) is 50.3 Å². The maximum atomic E-state index is 2.17. The van der Waals surface area contributed by atoms with Crippen molar-refractivity contribution in [3.63, 3.8) is 0 Å². The second-order valence-electron chi connectivity index (χ2n) is 3.65. The second-order valence-corrected chi connectivity index (χ2v) is 3.65. The molecule has 0 radical (unpaired) electrons. The highest BCUT2D eigenvalue weighted by Crippen LogP contribution is 1.98. The van der Waals surface area contributed by atoms with Crippen molar-refractivity contribution >= 4 is 0 Å². The van der Waals surface area contributed by atoms with E-state index in [1.165, 1.54) is 0 Å². The predicted octanol–water partition coefficient (Wildman–Crippen LogP) is 0.511. The molecule has 0 saturated carbocycles. The van der Waals surface area contributed by atoms with Gasteiger partial charge in [0.05, 0.1) is 6.17 Å². The molecule has 0 saturated heterocycles. The van der Waals surface area contributed by atoms with Gasteiger partial charge in [0.2, 0.25) is 0 Å². The molecule has 0 atom stereocenters. The van der Waals surface area contributed by atoms with Crippen molar-refractivity contribution in [3.8, 4) is 0 Å². The van der Waals surface area contributed by atoms with E-state index in [4.69, 9.17) is 0 Å². The zero-order valence-corrected chi connectivity index (χ0v) is 9.07. The minimum absolute atomic E-state index is 0.368. The van der Waals surface area contributed by atoms with Crippen LogP contribution in [0.1, 0.15) is 0 Å². The molecule has 0 rings (SSSR count). The molecule has 0 aliphatic rings. The fourth-order valence-corrected chi connectivity index (χ4v) is 1.06. The van der Waals surface area contributed by atoms with Gasteiger partial charge in [-0.25, -0.2) is 0 Å². The minimum Gasteiger partial charge on any atom is -0.384 e. The Kier molecular flexibility index (Phi) is 4.93. The van der Waals surface area contributed by atoms with Crippen molar-refractivity contribution in [2.24, 2.45) is 0 Å². The van der Waals surface area contributed by atoms with E-state index < -0.39 is 0 Å². The lowest BCUT2D eigenvalue weighted by molar-refractivity contribution is 0.172. The molecule has 0 fully saturated rings. The summed E-state index contributed by atoms with van der Waals surface area (Å²) in [6.45, 7) is 0. The number of hydrogen-bond acceptors (Lipinski definition) is 3.